The zero-order valence-corrected chi connectivity index (χ0v) is 11.0. The van der Waals surface area contributed by atoms with Crippen molar-refractivity contribution < 1.29 is 9.47 Å². The van der Waals surface area contributed by atoms with E-state index in [-0.39, 0.29) is 0 Å². The molecule has 1 aliphatic heterocycles. The number of nitrogens with two attached hydrogens (primary N) is 1. The first-order valence-corrected chi connectivity index (χ1v) is 6.46. The van der Waals surface area contributed by atoms with Crippen molar-refractivity contribution in [2.45, 2.75) is 19.0 Å². The highest BCUT2D eigenvalue weighted by Crippen LogP contribution is 2.16. The summed E-state index contributed by atoms with van der Waals surface area (Å²) in [7, 11) is 1.67. The van der Waals surface area contributed by atoms with Crippen molar-refractivity contribution >= 4 is 0 Å². The molecule has 1 saturated heterocycles. The molecule has 18 heavy (non-hydrogen) atoms. The van der Waals surface area contributed by atoms with E-state index in [0.29, 0.717) is 19.3 Å². The monoisotopic (exact) mass is 250 g/mol. The molecule has 1 aromatic carbocycles. The van der Waals surface area contributed by atoms with E-state index in [1.54, 1.807) is 7.11 Å². The number of hydrogen-bond donors (Lipinski definition) is 1. The number of hydrogen-bond acceptors (Lipinski definition) is 4. The number of likely N-dealkylation sites (tertiary alicyclic amines) is 1. The predicted molar refractivity (Wildman–Crippen MR) is 71.7 cm³/mol. The predicted octanol–water partition coefficient (Wildman–Crippen LogP) is 1.24. The average molecular weight is 250 g/mol. The van der Waals surface area contributed by atoms with Crippen molar-refractivity contribution in [3.8, 4) is 5.75 Å². The Labute approximate surface area is 109 Å². The Hall–Kier alpha value is -1.10. The summed E-state index contributed by atoms with van der Waals surface area (Å²) in [5.74, 6) is 0.897. The molecule has 4 heteroatoms. The minimum Gasteiger partial charge on any atom is -0.491 e. The van der Waals surface area contributed by atoms with Gasteiger partial charge in [0.15, 0.2) is 0 Å². The van der Waals surface area contributed by atoms with Gasteiger partial charge in [0.05, 0.1) is 6.61 Å². The second-order valence-corrected chi connectivity index (χ2v) is 4.77. The third-order valence-electron chi connectivity index (χ3n) is 3.19. The molecular weight excluding hydrogens is 228 g/mol. The van der Waals surface area contributed by atoms with E-state index in [9.17, 15) is 0 Å². The first-order chi connectivity index (χ1) is 8.78. The molecule has 0 spiro atoms. The van der Waals surface area contributed by atoms with Gasteiger partial charge in [-0.1, -0.05) is 12.1 Å². The van der Waals surface area contributed by atoms with Crippen LogP contribution in [0.2, 0.25) is 0 Å². The molecule has 1 aromatic rings. The molecule has 0 aliphatic carbocycles. The Balaban J connectivity index is 1.80. The summed E-state index contributed by atoms with van der Waals surface area (Å²) in [5.41, 5.74) is 7.21. The van der Waals surface area contributed by atoms with E-state index in [1.807, 2.05) is 12.1 Å². The summed E-state index contributed by atoms with van der Waals surface area (Å²) in [6.45, 7) is 4.30. The van der Waals surface area contributed by atoms with Gasteiger partial charge in [0.2, 0.25) is 0 Å². The molecule has 1 aliphatic rings. The fourth-order valence-corrected chi connectivity index (χ4v) is 2.20. The van der Waals surface area contributed by atoms with Gasteiger partial charge < -0.3 is 15.2 Å². The van der Waals surface area contributed by atoms with E-state index < -0.39 is 0 Å². The van der Waals surface area contributed by atoms with Crippen LogP contribution in [0.1, 0.15) is 12.0 Å². The summed E-state index contributed by atoms with van der Waals surface area (Å²) in [5, 5.41) is 0. The smallest absolute Gasteiger partial charge is 0.119 e. The van der Waals surface area contributed by atoms with Crippen LogP contribution in [-0.4, -0.2) is 44.4 Å². The molecule has 0 saturated carbocycles. The van der Waals surface area contributed by atoms with Crippen LogP contribution in [0.15, 0.2) is 24.3 Å². The van der Waals surface area contributed by atoms with Crippen LogP contribution in [0.5, 0.6) is 5.75 Å². The van der Waals surface area contributed by atoms with Gasteiger partial charge >= 0.3 is 0 Å². The number of benzene rings is 1. The molecule has 0 amide bonds. The molecule has 1 atom stereocenters. The Kier molecular flexibility index (Phi) is 4.99. The summed E-state index contributed by atoms with van der Waals surface area (Å²) in [6.07, 6.45) is 1.11. The molecule has 1 unspecified atom stereocenters. The van der Waals surface area contributed by atoms with Crippen LogP contribution >= 0.6 is 0 Å². The zero-order chi connectivity index (χ0) is 12.8. The molecule has 4 nitrogen and oxygen atoms in total. The van der Waals surface area contributed by atoms with E-state index in [2.05, 4.69) is 17.0 Å². The lowest BCUT2D eigenvalue weighted by Crippen LogP contribution is -2.26. The Morgan fingerprint density at radius 3 is 2.67 bits per heavy atom. The van der Waals surface area contributed by atoms with Crippen molar-refractivity contribution in [2.24, 2.45) is 5.73 Å². The molecule has 100 valence electrons. The van der Waals surface area contributed by atoms with Crippen molar-refractivity contribution in [1.82, 2.24) is 4.90 Å². The fourth-order valence-electron chi connectivity index (χ4n) is 2.20. The van der Waals surface area contributed by atoms with Gasteiger partial charge in [-0.2, -0.15) is 0 Å². The van der Waals surface area contributed by atoms with E-state index >= 15 is 0 Å². The maximum Gasteiger partial charge on any atom is 0.119 e. The lowest BCUT2D eigenvalue weighted by atomic mass is 10.2. The summed E-state index contributed by atoms with van der Waals surface area (Å²) < 4.78 is 10.5. The molecule has 2 N–H and O–H groups in total. The number of nitrogens with zero attached hydrogens (tertiary/aromatic N) is 1. The highest BCUT2D eigenvalue weighted by molar-refractivity contribution is 5.27. The van der Waals surface area contributed by atoms with Crippen molar-refractivity contribution in [3.05, 3.63) is 29.8 Å². The Bertz CT molecular complexity index is 353. The lowest BCUT2D eigenvalue weighted by Gasteiger charge is -2.15. The second kappa shape index (κ2) is 6.73. The van der Waals surface area contributed by atoms with Gasteiger partial charge in [0, 0.05) is 32.8 Å². The second-order valence-electron chi connectivity index (χ2n) is 4.77. The minimum atomic E-state index is 0.349. The van der Waals surface area contributed by atoms with E-state index in [0.717, 1.165) is 31.8 Å². The SMILES string of the molecule is COCCOc1ccc(CN2CCC(N)C2)cc1. The van der Waals surface area contributed by atoms with Gasteiger partial charge in [0.1, 0.15) is 12.4 Å². The van der Waals surface area contributed by atoms with E-state index in [4.69, 9.17) is 15.2 Å². The van der Waals surface area contributed by atoms with Gasteiger partial charge in [-0.15, -0.1) is 0 Å². The van der Waals surface area contributed by atoms with Gasteiger partial charge in [-0.3, -0.25) is 4.90 Å². The summed E-state index contributed by atoms with van der Waals surface area (Å²) in [6, 6.07) is 8.61. The van der Waals surface area contributed by atoms with E-state index in [1.165, 1.54) is 5.56 Å². The molecular formula is C14H22N2O2. The molecule has 1 fully saturated rings. The molecule has 0 bridgehead atoms. The van der Waals surface area contributed by atoms with Gasteiger partial charge in [-0.25, -0.2) is 0 Å². The first-order valence-electron chi connectivity index (χ1n) is 6.46. The summed E-state index contributed by atoms with van der Waals surface area (Å²) >= 11 is 0. The number of ether oxygens (including phenoxy) is 2. The van der Waals surface area contributed by atoms with Gasteiger partial charge in [0.25, 0.3) is 0 Å². The Morgan fingerprint density at radius 1 is 1.28 bits per heavy atom. The topological polar surface area (TPSA) is 47.7 Å². The molecule has 2 rings (SSSR count). The maximum atomic E-state index is 5.90. The largest absolute Gasteiger partial charge is 0.491 e. The molecule has 1 heterocycles. The normalized spacial score (nSPS) is 20.2. The first kappa shape index (κ1) is 13.3. The molecule has 0 aromatic heterocycles. The van der Waals surface area contributed by atoms with Crippen LogP contribution in [0.3, 0.4) is 0 Å². The van der Waals surface area contributed by atoms with Crippen molar-refractivity contribution in [1.29, 1.82) is 0 Å². The highest BCUT2D eigenvalue weighted by atomic mass is 16.5. The number of methoxy groups -OCH3 is 1. The Morgan fingerprint density at radius 2 is 2.06 bits per heavy atom. The molecule has 0 radical (unpaired) electrons. The average Bonchev–Trinajstić information content (AvgIpc) is 2.77. The van der Waals surface area contributed by atoms with Crippen LogP contribution in [0.4, 0.5) is 0 Å². The quantitative estimate of drug-likeness (QED) is 0.772. The summed E-state index contributed by atoms with van der Waals surface area (Å²) in [4.78, 5) is 2.39. The fraction of sp³-hybridized carbons (Fsp3) is 0.571. The van der Waals surface area contributed by atoms with Crippen molar-refractivity contribution in [3.63, 3.8) is 0 Å². The number of rotatable bonds is 6. The third kappa shape index (κ3) is 3.98. The third-order valence-corrected chi connectivity index (χ3v) is 3.19. The van der Waals surface area contributed by atoms with Crippen LogP contribution < -0.4 is 10.5 Å². The highest BCUT2D eigenvalue weighted by Gasteiger charge is 2.18. The lowest BCUT2D eigenvalue weighted by molar-refractivity contribution is 0.146. The maximum absolute atomic E-state index is 5.90. The van der Waals surface area contributed by atoms with Crippen LogP contribution in [0.25, 0.3) is 0 Å². The van der Waals surface area contributed by atoms with Crippen LogP contribution in [-0.2, 0) is 11.3 Å². The van der Waals surface area contributed by atoms with Crippen molar-refractivity contribution in [2.75, 3.05) is 33.4 Å². The van der Waals surface area contributed by atoms with Gasteiger partial charge in [-0.05, 0) is 24.1 Å². The minimum absolute atomic E-state index is 0.349. The zero-order valence-electron chi connectivity index (χ0n) is 11.0. The van der Waals surface area contributed by atoms with Crippen LogP contribution in [0, 0.1) is 0 Å². The standard InChI is InChI=1S/C14H22N2O2/c1-17-8-9-18-14-4-2-12(3-5-14)10-16-7-6-13(15)11-16/h2-5,13H,6-11,15H2,1H3.